The number of carbonyl (C=O) groups excluding carboxylic acids is 1. The molecule has 4 heterocycles. The molecule has 2 N–H and O–H groups in total. The van der Waals surface area contributed by atoms with Crippen LogP contribution in [-0.4, -0.2) is 66.1 Å². The molecule has 3 aromatic heterocycles. The molecule has 1 fully saturated rings. The van der Waals surface area contributed by atoms with Crippen molar-refractivity contribution in [2.75, 3.05) is 50.6 Å². The lowest BCUT2D eigenvalue weighted by Gasteiger charge is -2.30. The van der Waals surface area contributed by atoms with Crippen molar-refractivity contribution < 1.29 is 14.3 Å². The summed E-state index contributed by atoms with van der Waals surface area (Å²) in [6.07, 6.45) is 5.22. The zero-order valence-corrected chi connectivity index (χ0v) is 20.2. The molecule has 0 saturated carbocycles. The summed E-state index contributed by atoms with van der Waals surface area (Å²) in [6, 6.07) is 9.43. The lowest BCUT2D eigenvalue weighted by Crippen LogP contribution is -2.43. The number of anilines is 2. The van der Waals surface area contributed by atoms with E-state index in [1.807, 2.05) is 36.5 Å². The SMILES string of the molecule is COc1ccc(-c2ccn(-c3csc(C(=O)Nc4cnccc4N4CCNCC4)n3)n2)cc1OC. The molecular weight excluding hydrogens is 466 g/mol. The van der Waals surface area contributed by atoms with Gasteiger partial charge in [0.15, 0.2) is 22.3 Å². The Bertz CT molecular complexity index is 1330. The fourth-order valence-electron chi connectivity index (χ4n) is 3.92. The Balaban J connectivity index is 1.33. The standard InChI is InChI=1S/C24H25N7O3S/c1-33-20-4-3-16(13-21(20)34-2)17-6-10-31(29-17)22-15-35-24(28-22)23(32)27-18-14-26-7-5-19(18)30-11-8-25-9-12-30/h3-7,10,13-15,25H,8-9,11-12H2,1-2H3,(H,27,32). The van der Waals surface area contributed by atoms with Crippen molar-refractivity contribution in [1.82, 2.24) is 25.1 Å². The number of pyridine rings is 1. The fraction of sp³-hybridized carbons (Fsp3) is 0.250. The number of carbonyl (C=O) groups is 1. The Labute approximate surface area is 206 Å². The highest BCUT2D eigenvalue weighted by Crippen LogP contribution is 2.32. The minimum absolute atomic E-state index is 0.280. The molecule has 0 unspecified atom stereocenters. The van der Waals surface area contributed by atoms with Crippen LogP contribution in [-0.2, 0) is 0 Å². The number of benzene rings is 1. The summed E-state index contributed by atoms with van der Waals surface area (Å²) in [7, 11) is 3.20. The van der Waals surface area contributed by atoms with Crippen LogP contribution < -0.4 is 25.0 Å². The van der Waals surface area contributed by atoms with Crippen LogP contribution in [0.4, 0.5) is 11.4 Å². The maximum atomic E-state index is 13.0. The molecule has 0 atom stereocenters. The first-order chi connectivity index (χ1) is 17.2. The zero-order chi connectivity index (χ0) is 24.2. The van der Waals surface area contributed by atoms with Crippen LogP contribution in [0.1, 0.15) is 9.80 Å². The predicted molar refractivity (Wildman–Crippen MR) is 135 cm³/mol. The first-order valence-corrected chi connectivity index (χ1v) is 12.0. The van der Waals surface area contributed by atoms with Crippen molar-refractivity contribution in [2.24, 2.45) is 0 Å². The Morgan fingerprint density at radius 3 is 2.74 bits per heavy atom. The quantitative estimate of drug-likeness (QED) is 0.406. The highest BCUT2D eigenvalue weighted by molar-refractivity contribution is 7.12. The molecule has 0 spiro atoms. The molecule has 0 aliphatic carbocycles. The van der Waals surface area contributed by atoms with Crippen molar-refractivity contribution in [3.8, 4) is 28.6 Å². The third-order valence-electron chi connectivity index (χ3n) is 5.69. The molecule has 4 aromatic rings. The third-order valence-corrected chi connectivity index (χ3v) is 6.52. The summed E-state index contributed by atoms with van der Waals surface area (Å²) >= 11 is 1.26. The lowest BCUT2D eigenvalue weighted by molar-refractivity contribution is 0.102. The average molecular weight is 492 g/mol. The molecule has 0 bridgehead atoms. The van der Waals surface area contributed by atoms with Gasteiger partial charge in [0.2, 0.25) is 0 Å². The van der Waals surface area contributed by atoms with Gasteiger partial charge in [-0.1, -0.05) is 0 Å². The van der Waals surface area contributed by atoms with Gasteiger partial charge >= 0.3 is 0 Å². The summed E-state index contributed by atoms with van der Waals surface area (Å²) < 4.78 is 12.3. The van der Waals surface area contributed by atoms with Gasteiger partial charge in [-0.2, -0.15) is 5.10 Å². The maximum Gasteiger partial charge on any atom is 0.284 e. The number of methoxy groups -OCH3 is 2. The van der Waals surface area contributed by atoms with E-state index in [1.165, 1.54) is 11.3 Å². The molecule has 5 rings (SSSR count). The Kier molecular flexibility index (Phi) is 6.59. The van der Waals surface area contributed by atoms with Crippen LogP contribution in [0.2, 0.25) is 0 Å². The summed E-state index contributed by atoms with van der Waals surface area (Å²) in [4.78, 5) is 23.9. The van der Waals surface area contributed by atoms with E-state index in [4.69, 9.17) is 9.47 Å². The Morgan fingerprint density at radius 1 is 1.11 bits per heavy atom. The molecule has 10 nitrogen and oxygen atoms in total. The second kappa shape index (κ2) is 10.1. The maximum absolute atomic E-state index is 13.0. The van der Waals surface area contributed by atoms with Gasteiger partial charge in [-0.25, -0.2) is 9.67 Å². The summed E-state index contributed by atoms with van der Waals surface area (Å²) in [6.45, 7) is 3.55. The van der Waals surface area contributed by atoms with Gasteiger partial charge in [0.1, 0.15) is 0 Å². The van der Waals surface area contributed by atoms with E-state index < -0.39 is 0 Å². The summed E-state index contributed by atoms with van der Waals surface area (Å²) in [5.74, 6) is 1.57. The van der Waals surface area contributed by atoms with Crippen molar-refractivity contribution in [2.45, 2.75) is 0 Å². The molecular formula is C24H25N7O3S. The van der Waals surface area contributed by atoms with Gasteiger partial charge in [0, 0.05) is 49.5 Å². The number of hydrogen-bond acceptors (Lipinski definition) is 9. The number of amides is 1. The number of hydrogen-bond donors (Lipinski definition) is 2. The van der Waals surface area contributed by atoms with Crippen molar-refractivity contribution >= 4 is 28.6 Å². The number of piperazine rings is 1. The van der Waals surface area contributed by atoms with Gasteiger partial charge in [0.05, 0.1) is 37.5 Å². The highest BCUT2D eigenvalue weighted by Gasteiger charge is 2.19. The minimum atomic E-state index is -0.280. The zero-order valence-electron chi connectivity index (χ0n) is 19.4. The van der Waals surface area contributed by atoms with E-state index in [0.29, 0.717) is 28.0 Å². The Morgan fingerprint density at radius 2 is 1.94 bits per heavy atom. The first kappa shape index (κ1) is 22.8. The average Bonchev–Trinajstić information content (AvgIpc) is 3.59. The monoisotopic (exact) mass is 491 g/mol. The van der Waals surface area contributed by atoms with E-state index in [0.717, 1.165) is 43.1 Å². The second-order valence-corrected chi connectivity index (χ2v) is 8.67. The van der Waals surface area contributed by atoms with Gasteiger partial charge < -0.3 is 25.0 Å². The van der Waals surface area contributed by atoms with Crippen LogP contribution in [0, 0.1) is 0 Å². The smallest absolute Gasteiger partial charge is 0.284 e. The summed E-state index contributed by atoms with van der Waals surface area (Å²) in [5, 5.41) is 13.1. The van der Waals surface area contributed by atoms with Crippen LogP contribution in [0.25, 0.3) is 17.1 Å². The number of nitrogens with zero attached hydrogens (tertiary/aromatic N) is 5. The van der Waals surface area contributed by atoms with Crippen molar-refractivity contribution in [1.29, 1.82) is 0 Å². The largest absolute Gasteiger partial charge is 0.493 e. The highest BCUT2D eigenvalue weighted by atomic mass is 32.1. The number of aromatic nitrogens is 4. The van der Waals surface area contributed by atoms with Crippen LogP contribution >= 0.6 is 11.3 Å². The minimum Gasteiger partial charge on any atom is -0.493 e. The normalized spacial score (nSPS) is 13.5. The predicted octanol–water partition coefficient (Wildman–Crippen LogP) is 3.07. The number of nitrogens with one attached hydrogen (secondary N) is 2. The van der Waals surface area contributed by atoms with E-state index in [1.54, 1.807) is 36.7 Å². The molecule has 1 aliphatic heterocycles. The topological polar surface area (TPSA) is 106 Å². The van der Waals surface area contributed by atoms with E-state index in [-0.39, 0.29) is 5.91 Å². The van der Waals surface area contributed by atoms with Gasteiger partial charge in [-0.05, 0) is 30.3 Å². The molecule has 11 heteroatoms. The second-order valence-electron chi connectivity index (χ2n) is 7.81. The molecule has 1 saturated heterocycles. The van der Waals surface area contributed by atoms with Crippen molar-refractivity contribution in [3.63, 3.8) is 0 Å². The lowest BCUT2D eigenvalue weighted by atomic mass is 10.1. The Hall–Kier alpha value is -3.96. The van der Waals surface area contributed by atoms with Gasteiger partial charge in [-0.3, -0.25) is 9.78 Å². The van der Waals surface area contributed by atoms with Crippen LogP contribution in [0.3, 0.4) is 0 Å². The molecule has 1 aliphatic rings. The van der Waals surface area contributed by atoms with E-state index in [2.05, 4.69) is 30.6 Å². The first-order valence-electron chi connectivity index (χ1n) is 11.1. The van der Waals surface area contributed by atoms with E-state index >= 15 is 0 Å². The third kappa shape index (κ3) is 4.81. The summed E-state index contributed by atoms with van der Waals surface area (Å²) in [5.41, 5.74) is 3.26. The van der Waals surface area contributed by atoms with Crippen molar-refractivity contribution in [3.05, 3.63) is 59.3 Å². The number of ether oxygens (including phenoxy) is 2. The van der Waals surface area contributed by atoms with E-state index in [9.17, 15) is 4.79 Å². The molecule has 35 heavy (non-hydrogen) atoms. The number of thiazole rings is 1. The van der Waals surface area contributed by atoms with Gasteiger partial charge in [-0.15, -0.1) is 11.3 Å². The van der Waals surface area contributed by atoms with Crippen LogP contribution in [0.15, 0.2) is 54.3 Å². The van der Waals surface area contributed by atoms with Gasteiger partial charge in [0.25, 0.3) is 5.91 Å². The van der Waals surface area contributed by atoms with Crippen LogP contribution in [0.5, 0.6) is 11.5 Å². The molecule has 180 valence electrons. The molecule has 1 aromatic carbocycles. The number of rotatable bonds is 7. The fourth-order valence-corrected chi connectivity index (χ4v) is 4.60. The molecule has 0 radical (unpaired) electrons. The molecule has 1 amide bonds.